The standard InChI is InChI=1S/C13H19N3O4S/c1-10(14)11-6-8-15(9-7-11)21(19,20)13-4-2-12(3-5-13)16(17)18/h2-5,10-11H,6-9,14H2,1H3/t10-/m1/s1. The summed E-state index contributed by atoms with van der Waals surface area (Å²) in [7, 11) is -3.58. The average molecular weight is 313 g/mol. The van der Waals surface area contributed by atoms with Gasteiger partial charge in [0.1, 0.15) is 0 Å². The molecule has 0 aromatic heterocycles. The number of nitro groups is 1. The Kier molecular flexibility index (Phi) is 4.60. The Morgan fingerprint density at radius 1 is 1.29 bits per heavy atom. The van der Waals surface area contributed by atoms with E-state index in [1.807, 2.05) is 6.92 Å². The largest absolute Gasteiger partial charge is 0.328 e. The fourth-order valence-corrected chi connectivity index (χ4v) is 4.00. The first-order valence-corrected chi connectivity index (χ1v) is 8.26. The normalized spacial score (nSPS) is 19.3. The number of sulfonamides is 1. The summed E-state index contributed by atoms with van der Waals surface area (Å²) in [5, 5.41) is 10.6. The fourth-order valence-electron chi connectivity index (χ4n) is 2.53. The number of hydrogen-bond acceptors (Lipinski definition) is 5. The van der Waals surface area contributed by atoms with Crippen LogP contribution >= 0.6 is 0 Å². The van der Waals surface area contributed by atoms with Gasteiger partial charge in [0.05, 0.1) is 9.82 Å². The molecule has 1 atom stereocenters. The van der Waals surface area contributed by atoms with E-state index in [4.69, 9.17) is 5.73 Å². The van der Waals surface area contributed by atoms with Crippen molar-refractivity contribution >= 4 is 15.7 Å². The number of non-ortho nitro benzene ring substituents is 1. The third-order valence-corrected chi connectivity index (χ3v) is 5.84. The summed E-state index contributed by atoms with van der Waals surface area (Å²) < 4.78 is 26.4. The first-order chi connectivity index (χ1) is 9.82. The van der Waals surface area contributed by atoms with Crippen molar-refractivity contribution in [1.82, 2.24) is 4.31 Å². The topological polar surface area (TPSA) is 107 Å². The Morgan fingerprint density at radius 2 is 1.81 bits per heavy atom. The summed E-state index contributed by atoms with van der Waals surface area (Å²) in [6.45, 7) is 2.81. The van der Waals surface area contributed by atoms with Crippen molar-refractivity contribution in [3.8, 4) is 0 Å². The van der Waals surface area contributed by atoms with E-state index in [-0.39, 0.29) is 16.6 Å². The maximum atomic E-state index is 12.5. The fraction of sp³-hybridized carbons (Fsp3) is 0.538. The molecule has 8 heteroatoms. The molecule has 0 spiro atoms. The molecular formula is C13H19N3O4S. The van der Waals surface area contributed by atoms with Crippen LogP contribution in [0.3, 0.4) is 0 Å². The molecule has 2 rings (SSSR count). The van der Waals surface area contributed by atoms with E-state index < -0.39 is 14.9 Å². The van der Waals surface area contributed by atoms with Gasteiger partial charge in [0.15, 0.2) is 0 Å². The van der Waals surface area contributed by atoms with Crippen molar-refractivity contribution < 1.29 is 13.3 Å². The molecule has 1 aromatic carbocycles. The van der Waals surface area contributed by atoms with Gasteiger partial charge < -0.3 is 5.73 Å². The van der Waals surface area contributed by atoms with E-state index in [1.165, 1.54) is 28.6 Å². The lowest BCUT2D eigenvalue weighted by atomic mass is 9.92. The Balaban J connectivity index is 2.13. The average Bonchev–Trinajstić information content (AvgIpc) is 2.47. The molecule has 0 amide bonds. The van der Waals surface area contributed by atoms with Crippen molar-refractivity contribution in [2.45, 2.75) is 30.7 Å². The Morgan fingerprint density at radius 3 is 2.24 bits per heavy atom. The highest BCUT2D eigenvalue weighted by atomic mass is 32.2. The van der Waals surface area contributed by atoms with Crippen LogP contribution in [0.5, 0.6) is 0 Å². The summed E-state index contributed by atoms with van der Waals surface area (Å²) >= 11 is 0. The van der Waals surface area contributed by atoms with Gasteiger partial charge in [-0.3, -0.25) is 10.1 Å². The van der Waals surface area contributed by atoms with E-state index in [1.54, 1.807) is 0 Å². The van der Waals surface area contributed by atoms with Crippen LogP contribution in [0.1, 0.15) is 19.8 Å². The van der Waals surface area contributed by atoms with Crippen LogP contribution in [0.15, 0.2) is 29.2 Å². The zero-order valence-electron chi connectivity index (χ0n) is 11.8. The minimum absolute atomic E-state index is 0.0641. The summed E-state index contributed by atoms with van der Waals surface area (Å²) in [5.41, 5.74) is 5.73. The number of benzene rings is 1. The van der Waals surface area contributed by atoms with Crippen molar-refractivity contribution in [3.63, 3.8) is 0 Å². The van der Waals surface area contributed by atoms with Gasteiger partial charge in [-0.2, -0.15) is 4.31 Å². The monoisotopic (exact) mass is 313 g/mol. The summed E-state index contributed by atoms with van der Waals surface area (Å²) in [4.78, 5) is 10.1. The molecule has 1 aromatic rings. The smallest absolute Gasteiger partial charge is 0.269 e. The second-order valence-corrected chi connectivity index (χ2v) is 7.29. The first kappa shape index (κ1) is 15.9. The maximum Gasteiger partial charge on any atom is 0.269 e. The second kappa shape index (κ2) is 6.08. The van der Waals surface area contributed by atoms with E-state index in [9.17, 15) is 18.5 Å². The predicted molar refractivity (Wildman–Crippen MR) is 78.2 cm³/mol. The van der Waals surface area contributed by atoms with Crippen molar-refractivity contribution in [1.29, 1.82) is 0 Å². The molecule has 1 saturated heterocycles. The quantitative estimate of drug-likeness (QED) is 0.667. The summed E-state index contributed by atoms with van der Waals surface area (Å²) in [6.07, 6.45) is 1.48. The molecule has 1 aliphatic heterocycles. The van der Waals surface area contributed by atoms with Gasteiger partial charge in [0, 0.05) is 31.3 Å². The summed E-state index contributed by atoms with van der Waals surface area (Å²) in [6, 6.07) is 5.05. The zero-order chi connectivity index (χ0) is 15.6. The van der Waals surface area contributed by atoms with E-state index in [2.05, 4.69) is 0 Å². The van der Waals surface area contributed by atoms with Crippen molar-refractivity contribution in [3.05, 3.63) is 34.4 Å². The van der Waals surface area contributed by atoms with Crippen LogP contribution in [-0.2, 0) is 10.0 Å². The van der Waals surface area contributed by atoms with Crippen LogP contribution in [0.25, 0.3) is 0 Å². The van der Waals surface area contributed by atoms with Gasteiger partial charge >= 0.3 is 0 Å². The number of nitro benzene ring substituents is 1. The third-order valence-electron chi connectivity index (χ3n) is 3.93. The molecule has 0 saturated carbocycles. The van der Waals surface area contributed by atoms with Crippen LogP contribution in [-0.4, -0.2) is 36.8 Å². The lowest BCUT2D eigenvalue weighted by Crippen LogP contribution is -2.42. The molecule has 21 heavy (non-hydrogen) atoms. The number of hydrogen-bond donors (Lipinski definition) is 1. The first-order valence-electron chi connectivity index (χ1n) is 6.82. The molecule has 7 nitrogen and oxygen atoms in total. The highest BCUT2D eigenvalue weighted by Crippen LogP contribution is 2.26. The van der Waals surface area contributed by atoms with E-state index in [0.717, 1.165) is 12.8 Å². The van der Waals surface area contributed by atoms with Crippen LogP contribution < -0.4 is 5.73 Å². The minimum Gasteiger partial charge on any atom is -0.328 e. The zero-order valence-corrected chi connectivity index (χ0v) is 12.6. The summed E-state index contributed by atoms with van der Waals surface area (Å²) in [5.74, 6) is 0.341. The molecule has 0 aliphatic carbocycles. The lowest BCUT2D eigenvalue weighted by Gasteiger charge is -2.32. The van der Waals surface area contributed by atoms with Gasteiger partial charge in [-0.25, -0.2) is 8.42 Å². The third kappa shape index (κ3) is 3.39. The number of piperidine rings is 1. The maximum absolute atomic E-state index is 12.5. The minimum atomic E-state index is -3.58. The molecule has 1 heterocycles. The van der Waals surface area contributed by atoms with Gasteiger partial charge in [0.2, 0.25) is 10.0 Å². The Hall–Kier alpha value is -1.51. The molecular weight excluding hydrogens is 294 g/mol. The van der Waals surface area contributed by atoms with E-state index >= 15 is 0 Å². The second-order valence-electron chi connectivity index (χ2n) is 5.35. The van der Waals surface area contributed by atoms with Gasteiger partial charge in [-0.15, -0.1) is 0 Å². The number of rotatable bonds is 4. The van der Waals surface area contributed by atoms with E-state index in [0.29, 0.717) is 19.0 Å². The highest BCUT2D eigenvalue weighted by Gasteiger charge is 2.30. The Labute approximate surface area is 123 Å². The van der Waals surface area contributed by atoms with Crippen molar-refractivity contribution in [2.75, 3.05) is 13.1 Å². The molecule has 1 aliphatic rings. The molecule has 0 bridgehead atoms. The predicted octanol–water partition coefficient (Wildman–Crippen LogP) is 1.34. The number of nitrogens with two attached hydrogens (primary N) is 1. The van der Waals surface area contributed by atoms with Crippen molar-refractivity contribution in [2.24, 2.45) is 11.7 Å². The lowest BCUT2D eigenvalue weighted by molar-refractivity contribution is -0.384. The van der Waals surface area contributed by atoms with Gasteiger partial charge in [-0.1, -0.05) is 0 Å². The van der Waals surface area contributed by atoms with Gasteiger partial charge in [-0.05, 0) is 37.8 Å². The van der Waals surface area contributed by atoms with Crippen LogP contribution in [0.4, 0.5) is 5.69 Å². The van der Waals surface area contributed by atoms with Crippen LogP contribution in [0, 0.1) is 16.0 Å². The highest BCUT2D eigenvalue weighted by molar-refractivity contribution is 7.89. The van der Waals surface area contributed by atoms with Gasteiger partial charge in [0.25, 0.3) is 5.69 Å². The van der Waals surface area contributed by atoms with Crippen LogP contribution in [0.2, 0.25) is 0 Å². The SMILES string of the molecule is C[C@@H](N)C1CCN(S(=O)(=O)c2ccc([N+](=O)[O-])cc2)CC1. The molecule has 1 fully saturated rings. The number of nitrogens with zero attached hydrogens (tertiary/aromatic N) is 2. The molecule has 116 valence electrons. The Bertz CT molecular complexity index is 605. The molecule has 2 N–H and O–H groups in total. The molecule has 0 unspecified atom stereocenters. The molecule has 0 radical (unpaired) electrons.